The molecule has 6 rings (SSSR count). The van der Waals surface area contributed by atoms with Crippen LogP contribution >= 0.6 is 0 Å². The van der Waals surface area contributed by atoms with Gasteiger partial charge in [-0.25, -0.2) is 29.5 Å². The molecule has 0 saturated carbocycles. The van der Waals surface area contributed by atoms with Crippen molar-refractivity contribution < 1.29 is 39.5 Å². The molecular formula is C36H56N10O8. The van der Waals surface area contributed by atoms with Crippen molar-refractivity contribution in [1.29, 1.82) is 0 Å². The molecule has 2 aliphatic heterocycles. The Labute approximate surface area is 315 Å². The number of aliphatic carboxylic acids is 2. The first-order valence-corrected chi connectivity index (χ1v) is 18.7. The number of carbonyl (C=O) groups is 2. The molecule has 2 aliphatic rings. The first-order valence-electron chi connectivity index (χ1n) is 18.7. The van der Waals surface area contributed by atoms with Crippen LogP contribution in [0.4, 0.5) is 0 Å². The standard InChI is InChI=1S/2C17H27N5O2.C2H2O4/c2*1-2-24-13-12-22-15(20-14-4-3-7-19-17(14)22)5-6-16(23)21-10-8-18-9-11-21;3-1(4)2(5)6/h2*3-4,7,16,18,23H,2,5-6,8-13H2,1H3;(H,3,4)(H,5,6). The lowest BCUT2D eigenvalue weighted by atomic mass is 10.2. The monoisotopic (exact) mass is 756 g/mol. The highest BCUT2D eigenvalue weighted by Crippen LogP contribution is 2.18. The number of nitrogens with one attached hydrogen (secondary N) is 2. The van der Waals surface area contributed by atoms with Crippen molar-refractivity contribution in [2.45, 2.75) is 65.1 Å². The summed E-state index contributed by atoms with van der Waals surface area (Å²) in [6.07, 6.45) is 5.57. The van der Waals surface area contributed by atoms with E-state index < -0.39 is 24.4 Å². The van der Waals surface area contributed by atoms with Crippen LogP contribution in [-0.4, -0.2) is 162 Å². The molecule has 0 aromatic carbocycles. The van der Waals surface area contributed by atoms with Crippen LogP contribution in [0.15, 0.2) is 36.7 Å². The van der Waals surface area contributed by atoms with E-state index in [4.69, 9.17) is 39.2 Å². The number of carboxylic acid groups (broad SMARTS) is 2. The van der Waals surface area contributed by atoms with Crippen molar-refractivity contribution in [1.82, 2.24) is 49.5 Å². The maximum Gasteiger partial charge on any atom is 0.414 e. The molecule has 4 aromatic rings. The lowest BCUT2D eigenvalue weighted by Crippen LogP contribution is -2.48. The summed E-state index contributed by atoms with van der Waals surface area (Å²) in [5.41, 5.74) is 3.59. The largest absolute Gasteiger partial charge is 0.473 e. The molecule has 2 unspecified atom stereocenters. The Bertz CT molecular complexity index is 1580. The number of aliphatic hydroxyl groups excluding tert-OH is 2. The van der Waals surface area contributed by atoms with Gasteiger partial charge < -0.3 is 49.7 Å². The zero-order valence-electron chi connectivity index (χ0n) is 31.3. The van der Waals surface area contributed by atoms with Crippen LogP contribution in [0.1, 0.15) is 38.3 Å². The Morgan fingerprint density at radius 2 is 1.09 bits per heavy atom. The summed E-state index contributed by atoms with van der Waals surface area (Å²) in [7, 11) is 0. The van der Waals surface area contributed by atoms with E-state index in [-0.39, 0.29) is 0 Å². The number of nitrogens with zero attached hydrogens (tertiary/aromatic N) is 8. The summed E-state index contributed by atoms with van der Waals surface area (Å²) < 4.78 is 15.2. The predicted octanol–water partition coefficient (Wildman–Crippen LogP) is 0.404. The molecule has 18 nitrogen and oxygen atoms in total. The number of carboxylic acids is 2. The number of ether oxygens (including phenoxy) is 2. The molecule has 0 amide bonds. The maximum absolute atomic E-state index is 10.4. The molecule has 2 saturated heterocycles. The van der Waals surface area contributed by atoms with E-state index in [2.05, 4.69) is 39.5 Å². The SMILES string of the molecule is CCOCCn1c(CCC(O)N2CCNCC2)nc2cccnc21.CCOCCn1c(CCC(O)N2CCNCC2)nc2cccnc21.O=C(O)C(=O)O. The van der Waals surface area contributed by atoms with Crippen molar-refractivity contribution >= 4 is 34.3 Å². The highest BCUT2D eigenvalue weighted by Gasteiger charge is 2.21. The molecular weight excluding hydrogens is 700 g/mol. The van der Waals surface area contributed by atoms with E-state index in [1.807, 2.05) is 38.1 Å². The smallest absolute Gasteiger partial charge is 0.414 e. The average molecular weight is 757 g/mol. The van der Waals surface area contributed by atoms with E-state index in [1.54, 1.807) is 12.4 Å². The molecule has 0 bridgehead atoms. The van der Waals surface area contributed by atoms with E-state index in [0.29, 0.717) is 39.3 Å². The van der Waals surface area contributed by atoms with Gasteiger partial charge in [0.2, 0.25) is 0 Å². The molecule has 2 atom stereocenters. The molecule has 54 heavy (non-hydrogen) atoms. The fraction of sp³-hybridized carbons (Fsp3) is 0.611. The van der Waals surface area contributed by atoms with Crippen LogP contribution < -0.4 is 10.6 Å². The van der Waals surface area contributed by atoms with Gasteiger partial charge in [-0.15, -0.1) is 0 Å². The van der Waals surface area contributed by atoms with Gasteiger partial charge in [0, 0.05) is 104 Å². The van der Waals surface area contributed by atoms with Crippen LogP contribution in [0.25, 0.3) is 22.3 Å². The van der Waals surface area contributed by atoms with Gasteiger partial charge in [0.1, 0.15) is 35.1 Å². The molecule has 6 N–H and O–H groups in total. The van der Waals surface area contributed by atoms with Crippen molar-refractivity contribution in [3.05, 3.63) is 48.3 Å². The molecule has 0 radical (unpaired) electrons. The van der Waals surface area contributed by atoms with Crippen molar-refractivity contribution in [2.24, 2.45) is 0 Å². The quantitative estimate of drug-likeness (QED) is 0.0672. The number of piperazine rings is 2. The van der Waals surface area contributed by atoms with Gasteiger partial charge in [-0.1, -0.05) is 0 Å². The van der Waals surface area contributed by atoms with Crippen molar-refractivity contribution in [2.75, 3.05) is 78.8 Å². The summed E-state index contributed by atoms with van der Waals surface area (Å²) in [4.78, 5) is 40.8. The fourth-order valence-electron chi connectivity index (χ4n) is 6.30. The number of aliphatic hydroxyl groups is 2. The van der Waals surface area contributed by atoms with Crippen molar-refractivity contribution in [3.8, 4) is 0 Å². The Balaban J connectivity index is 0.000000209. The van der Waals surface area contributed by atoms with Gasteiger partial charge in [-0.3, -0.25) is 9.80 Å². The van der Waals surface area contributed by atoms with Gasteiger partial charge in [-0.2, -0.15) is 0 Å². The first kappa shape index (κ1) is 42.6. The minimum atomic E-state index is -1.82. The van der Waals surface area contributed by atoms with Gasteiger partial charge in [0.15, 0.2) is 11.3 Å². The Hall–Kier alpha value is -4.14. The zero-order chi connectivity index (χ0) is 38.7. The van der Waals surface area contributed by atoms with Gasteiger partial charge in [0.05, 0.1) is 13.2 Å². The van der Waals surface area contributed by atoms with Gasteiger partial charge in [-0.05, 0) is 51.0 Å². The van der Waals surface area contributed by atoms with Gasteiger partial charge in [0.25, 0.3) is 0 Å². The minimum Gasteiger partial charge on any atom is -0.473 e. The van der Waals surface area contributed by atoms with Crippen LogP contribution in [0.2, 0.25) is 0 Å². The topological polar surface area (TPSA) is 225 Å². The molecule has 4 aromatic heterocycles. The zero-order valence-corrected chi connectivity index (χ0v) is 31.3. The fourth-order valence-corrected chi connectivity index (χ4v) is 6.30. The van der Waals surface area contributed by atoms with E-state index in [0.717, 1.165) is 112 Å². The highest BCUT2D eigenvalue weighted by molar-refractivity contribution is 6.27. The Morgan fingerprint density at radius 3 is 1.44 bits per heavy atom. The van der Waals surface area contributed by atoms with E-state index in [9.17, 15) is 10.2 Å². The molecule has 0 aliphatic carbocycles. The van der Waals surface area contributed by atoms with E-state index in [1.165, 1.54) is 0 Å². The van der Waals surface area contributed by atoms with Gasteiger partial charge >= 0.3 is 11.9 Å². The number of aryl methyl sites for hydroxylation is 2. The van der Waals surface area contributed by atoms with Crippen LogP contribution in [-0.2, 0) is 45.0 Å². The number of fused-ring (bicyclic) bond motifs is 2. The molecule has 18 heteroatoms. The van der Waals surface area contributed by atoms with Crippen LogP contribution in [0.5, 0.6) is 0 Å². The summed E-state index contributed by atoms with van der Waals surface area (Å²) >= 11 is 0. The molecule has 2 fully saturated rings. The number of hydrogen-bond donors (Lipinski definition) is 6. The molecule has 0 spiro atoms. The lowest BCUT2D eigenvalue weighted by Gasteiger charge is -2.31. The normalized spacial score (nSPS) is 16.3. The Morgan fingerprint density at radius 1 is 0.704 bits per heavy atom. The van der Waals surface area contributed by atoms with Crippen molar-refractivity contribution in [3.63, 3.8) is 0 Å². The minimum absolute atomic E-state index is 0.416. The maximum atomic E-state index is 10.4. The van der Waals surface area contributed by atoms with Crippen LogP contribution in [0, 0.1) is 0 Å². The second-order valence-corrected chi connectivity index (χ2v) is 12.7. The number of aromatic nitrogens is 6. The average Bonchev–Trinajstić information content (AvgIpc) is 3.74. The van der Waals surface area contributed by atoms with E-state index >= 15 is 0 Å². The first-order chi connectivity index (χ1) is 26.2. The third-order valence-electron chi connectivity index (χ3n) is 9.07. The predicted molar refractivity (Wildman–Crippen MR) is 201 cm³/mol. The number of rotatable bonds is 16. The third kappa shape index (κ3) is 13.0. The Kier molecular flexibility index (Phi) is 18.1. The number of imidazole rings is 2. The van der Waals surface area contributed by atoms with Crippen LogP contribution in [0.3, 0.4) is 0 Å². The third-order valence-corrected chi connectivity index (χ3v) is 9.07. The summed E-state index contributed by atoms with van der Waals surface area (Å²) in [6.45, 7) is 15.5. The molecule has 6 heterocycles. The second kappa shape index (κ2) is 22.9. The summed E-state index contributed by atoms with van der Waals surface area (Å²) in [5, 5.41) is 42.3. The summed E-state index contributed by atoms with van der Waals surface area (Å²) in [5.74, 6) is -1.71. The highest BCUT2D eigenvalue weighted by atomic mass is 16.5. The second-order valence-electron chi connectivity index (χ2n) is 12.7. The lowest BCUT2D eigenvalue weighted by molar-refractivity contribution is -0.159. The molecule has 298 valence electrons. The number of pyridine rings is 2. The number of hydrogen-bond acceptors (Lipinski definition) is 14. The summed E-state index contributed by atoms with van der Waals surface area (Å²) in [6, 6.07) is 7.77.